The molecule has 0 N–H and O–H groups in total. The van der Waals surface area contributed by atoms with Crippen LogP contribution in [-0.4, -0.2) is 62.5 Å². The standard InChI is InChI=1S/C16H24N2O2/c1-17-8-9-18(2)14(12-17)11-15(19)10-13-6-4-5-7-16(13)20-3/h4-7,14H,8-12H2,1-3H3. The summed E-state index contributed by atoms with van der Waals surface area (Å²) in [5.74, 6) is 1.08. The number of ether oxygens (including phenoxy) is 1. The number of hydrogen-bond acceptors (Lipinski definition) is 4. The van der Waals surface area contributed by atoms with E-state index in [0.717, 1.165) is 30.9 Å². The highest BCUT2D eigenvalue weighted by Crippen LogP contribution is 2.19. The summed E-state index contributed by atoms with van der Waals surface area (Å²) in [5, 5.41) is 0. The summed E-state index contributed by atoms with van der Waals surface area (Å²) in [4.78, 5) is 16.9. The summed E-state index contributed by atoms with van der Waals surface area (Å²) < 4.78 is 5.30. The van der Waals surface area contributed by atoms with Gasteiger partial charge in [-0.2, -0.15) is 0 Å². The molecule has 4 heteroatoms. The van der Waals surface area contributed by atoms with E-state index in [4.69, 9.17) is 4.74 Å². The monoisotopic (exact) mass is 276 g/mol. The van der Waals surface area contributed by atoms with Gasteiger partial charge in [-0.3, -0.25) is 4.79 Å². The minimum atomic E-state index is 0.279. The van der Waals surface area contributed by atoms with E-state index in [1.807, 2.05) is 24.3 Å². The highest BCUT2D eigenvalue weighted by atomic mass is 16.5. The zero-order chi connectivity index (χ0) is 14.5. The van der Waals surface area contributed by atoms with Crippen LogP contribution in [0.2, 0.25) is 0 Å². The van der Waals surface area contributed by atoms with Crippen LogP contribution in [0.4, 0.5) is 0 Å². The lowest BCUT2D eigenvalue weighted by atomic mass is 10.0. The molecule has 0 bridgehead atoms. The molecule has 0 amide bonds. The van der Waals surface area contributed by atoms with E-state index in [-0.39, 0.29) is 5.78 Å². The van der Waals surface area contributed by atoms with Crippen molar-refractivity contribution in [3.63, 3.8) is 0 Å². The number of carbonyl (C=O) groups is 1. The molecule has 1 unspecified atom stereocenters. The summed E-state index contributed by atoms with van der Waals surface area (Å²) in [7, 11) is 5.87. The Bertz CT molecular complexity index is 462. The zero-order valence-corrected chi connectivity index (χ0v) is 12.6. The number of likely N-dealkylation sites (N-methyl/N-ethyl adjacent to an activating group) is 2. The quantitative estimate of drug-likeness (QED) is 0.815. The number of para-hydroxylation sites is 1. The van der Waals surface area contributed by atoms with Gasteiger partial charge in [0.05, 0.1) is 7.11 Å². The third-order valence-electron chi connectivity index (χ3n) is 4.02. The Hall–Kier alpha value is -1.39. The Balaban J connectivity index is 1.95. The maximum Gasteiger partial charge on any atom is 0.139 e. The molecule has 1 fully saturated rings. The molecule has 1 atom stereocenters. The molecule has 1 aliphatic rings. The SMILES string of the molecule is COc1ccccc1CC(=O)CC1CN(C)CCN1C. The van der Waals surface area contributed by atoms with E-state index in [2.05, 4.69) is 23.9 Å². The lowest BCUT2D eigenvalue weighted by Crippen LogP contribution is -2.50. The Labute approximate surface area is 121 Å². The number of benzene rings is 1. The average molecular weight is 276 g/mol. The topological polar surface area (TPSA) is 32.8 Å². The largest absolute Gasteiger partial charge is 0.496 e. The maximum absolute atomic E-state index is 12.3. The minimum absolute atomic E-state index is 0.279. The van der Waals surface area contributed by atoms with Crippen LogP contribution in [0.5, 0.6) is 5.75 Å². The van der Waals surface area contributed by atoms with E-state index in [9.17, 15) is 4.79 Å². The first-order chi connectivity index (χ1) is 9.60. The molecule has 1 aliphatic heterocycles. The second-order valence-electron chi connectivity index (χ2n) is 5.63. The summed E-state index contributed by atoms with van der Waals surface area (Å²) in [6.07, 6.45) is 1.07. The first kappa shape index (κ1) is 15.0. The second-order valence-corrected chi connectivity index (χ2v) is 5.63. The molecule has 0 saturated carbocycles. The van der Waals surface area contributed by atoms with Crippen LogP contribution >= 0.6 is 0 Å². The normalized spacial score (nSPS) is 20.9. The molecular formula is C16H24N2O2. The molecule has 1 heterocycles. The highest BCUT2D eigenvalue weighted by Gasteiger charge is 2.24. The van der Waals surface area contributed by atoms with Crippen LogP contribution in [0.3, 0.4) is 0 Å². The fourth-order valence-corrected chi connectivity index (χ4v) is 2.72. The molecule has 1 aromatic carbocycles. The highest BCUT2D eigenvalue weighted by molar-refractivity contribution is 5.82. The van der Waals surface area contributed by atoms with Crippen LogP contribution in [0.1, 0.15) is 12.0 Å². The molecular weight excluding hydrogens is 252 g/mol. The fourth-order valence-electron chi connectivity index (χ4n) is 2.72. The number of carbonyl (C=O) groups excluding carboxylic acids is 1. The number of Topliss-reactive ketones (excluding diaryl/α,β-unsaturated/α-hetero) is 1. The van der Waals surface area contributed by atoms with Gasteiger partial charge in [0.1, 0.15) is 11.5 Å². The Morgan fingerprint density at radius 3 is 2.80 bits per heavy atom. The van der Waals surface area contributed by atoms with Crippen LogP contribution in [-0.2, 0) is 11.2 Å². The summed E-state index contributed by atoms with van der Waals surface area (Å²) in [6.45, 7) is 3.07. The molecule has 0 radical (unpaired) electrons. The summed E-state index contributed by atoms with van der Waals surface area (Å²) in [5.41, 5.74) is 0.979. The zero-order valence-electron chi connectivity index (χ0n) is 12.6. The van der Waals surface area contributed by atoms with Crippen LogP contribution in [0.25, 0.3) is 0 Å². The summed E-state index contributed by atoms with van der Waals surface area (Å²) >= 11 is 0. The number of hydrogen-bond donors (Lipinski definition) is 0. The van der Waals surface area contributed by atoms with Gasteiger partial charge in [-0.1, -0.05) is 18.2 Å². The molecule has 0 aromatic heterocycles. The molecule has 4 nitrogen and oxygen atoms in total. The Kier molecular flexibility index (Phi) is 5.15. The second kappa shape index (κ2) is 6.86. The van der Waals surface area contributed by atoms with E-state index in [0.29, 0.717) is 18.9 Å². The third kappa shape index (κ3) is 3.81. The van der Waals surface area contributed by atoms with Gasteiger partial charge < -0.3 is 14.5 Å². The van der Waals surface area contributed by atoms with Crippen molar-refractivity contribution >= 4 is 5.78 Å². The first-order valence-corrected chi connectivity index (χ1v) is 7.12. The fraction of sp³-hybridized carbons (Fsp3) is 0.562. The lowest BCUT2D eigenvalue weighted by molar-refractivity contribution is -0.120. The van der Waals surface area contributed by atoms with E-state index >= 15 is 0 Å². The van der Waals surface area contributed by atoms with Crippen molar-refractivity contribution in [3.05, 3.63) is 29.8 Å². The number of ketones is 1. The number of nitrogens with zero attached hydrogens (tertiary/aromatic N) is 2. The maximum atomic E-state index is 12.3. The van der Waals surface area contributed by atoms with Crippen LogP contribution < -0.4 is 4.74 Å². The molecule has 1 saturated heterocycles. The van der Waals surface area contributed by atoms with Crippen LogP contribution in [0, 0.1) is 0 Å². The van der Waals surface area contributed by atoms with Gasteiger partial charge in [-0.05, 0) is 20.2 Å². The van der Waals surface area contributed by atoms with Crippen molar-refractivity contribution in [2.45, 2.75) is 18.9 Å². The lowest BCUT2D eigenvalue weighted by Gasteiger charge is -2.37. The smallest absolute Gasteiger partial charge is 0.139 e. The van der Waals surface area contributed by atoms with Gasteiger partial charge in [-0.15, -0.1) is 0 Å². The number of rotatable bonds is 5. The number of piperazine rings is 1. The van der Waals surface area contributed by atoms with Crippen molar-refractivity contribution in [3.8, 4) is 5.75 Å². The molecule has 0 spiro atoms. The molecule has 2 rings (SSSR count). The molecule has 1 aromatic rings. The van der Waals surface area contributed by atoms with Gasteiger partial charge in [-0.25, -0.2) is 0 Å². The Morgan fingerprint density at radius 2 is 2.05 bits per heavy atom. The van der Waals surface area contributed by atoms with Gasteiger partial charge in [0.15, 0.2) is 0 Å². The predicted molar refractivity (Wildman–Crippen MR) is 80.2 cm³/mol. The van der Waals surface area contributed by atoms with Crippen molar-refractivity contribution < 1.29 is 9.53 Å². The Morgan fingerprint density at radius 1 is 1.30 bits per heavy atom. The minimum Gasteiger partial charge on any atom is -0.496 e. The molecule has 0 aliphatic carbocycles. The third-order valence-corrected chi connectivity index (χ3v) is 4.02. The van der Waals surface area contributed by atoms with E-state index in [1.54, 1.807) is 7.11 Å². The van der Waals surface area contributed by atoms with Crippen molar-refractivity contribution in [2.24, 2.45) is 0 Å². The van der Waals surface area contributed by atoms with E-state index in [1.165, 1.54) is 0 Å². The van der Waals surface area contributed by atoms with E-state index < -0.39 is 0 Å². The summed E-state index contributed by atoms with van der Waals surface area (Å²) in [6, 6.07) is 8.08. The first-order valence-electron chi connectivity index (χ1n) is 7.12. The number of methoxy groups -OCH3 is 1. The van der Waals surface area contributed by atoms with Gasteiger partial charge in [0, 0.05) is 44.1 Å². The average Bonchev–Trinajstić information content (AvgIpc) is 2.43. The van der Waals surface area contributed by atoms with Crippen molar-refractivity contribution in [1.29, 1.82) is 0 Å². The van der Waals surface area contributed by atoms with Gasteiger partial charge in [0.25, 0.3) is 0 Å². The van der Waals surface area contributed by atoms with Crippen molar-refractivity contribution in [2.75, 3.05) is 40.8 Å². The molecule has 110 valence electrons. The molecule has 20 heavy (non-hydrogen) atoms. The predicted octanol–water partition coefficient (Wildman–Crippen LogP) is 1.44. The van der Waals surface area contributed by atoms with Crippen LogP contribution in [0.15, 0.2) is 24.3 Å². The van der Waals surface area contributed by atoms with Crippen molar-refractivity contribution in [1.82, 2.24) is 9.80 Å². The van der Waals surface area contributed by atoms with Gasteiger partial charge in [0.2, 0.25) is 0 Å². The van der Waals surface area contributed by atoms with Gasteiger partial charge >= 0.3 is 0 Å².